The first-order valence-electron chi connectivity index (χ1n) is 9.51. The summed E-state index contributed by atoms with van der Waals surface area (Å²) < 4.78 is 6.38. The Morgan fingerprint density at radius 1 is 1.03 bits per heavy atom. The number of rotatable bonds is 7. The highest BCUT2D eigenvalue weighted by molar-refractivity contribution is 8.00. The maximum atomic E-state index is 12.2. The topological polar surface area (TPSA) is 64.1 Å². The van der Waals surface area contributed by atoms with Gasteiger partial charge in [0, 0.05) is 5.75 Å². The molecule has 30 heavy (non-hydrogen) atoms. The van der Waals surface area contributed by atoms with Crippen LogP contribution in [0.4, 0.5) is 5.13 Å². The molecule has 5 nitrogen and oxygen atoms in total. The highest BCUT2D eigenvalue weighted by Gasteiger charge is 2.10. The lowest BCUT2D eigenvalue weighted by Crippen LogP contribution is -2.20. The SMILES string of the molecule is Cc1ccc(OCC(=O)Nc2nnc(SCc3cccc4ccccc34)s2)cc1C. The molecule has 0 fully saturated rings. The van der Waals surface area contributed by atoms with E-state index in [4.69, 9.17) is 4.74 Å². The lowest BCUT2D eigenvalue weighted by molar-refractivity contribution is -0.118. The standard InChI is InChI=1S/C23H21N3O2S2/c1-15-10-11-19(12-16(15)2)28-13-21(27)24-22-25-26-23(30-22)29-14-18-8-5-7-17-6-3-4-9-20(17)18/h3-12H,13-14H2,1-2H3,(H,24,25,27). The van der Waals surface area contributed by atoms with Crippen LogP contribution in [0.1, 0.15) is 16.7 Å². The molecule has 0 aliphatic carbocycles. The minimum absolute atomic E-state index is 0.0689. The van der Waals surface area contributed by atoms with Crippen molar-refractivity contribution < 1.29 is 9.53 Å². The van der Waals surface area contributed by atoms with Crippen LogP contribution in [-0.2, 0) is 10.5 Å². The predicted octanol–water partition coefficient (Wildman–Crippen LogP) is 5.62. The quantitative estimate of drug-likeness (QED) is 0.302. The summed E-state index contributed by atoms with van der Waals surface area (Å²) in [7, 11) is 0. The van der Waals surface area contributed by atoms with E-state index in [2.05, 4.69) is 51.9 Å². The molecule has 0 spiro atoms. The predicted molar refractivity (Wildman–Crippen MR) is 123 cm³/mol. The van der Waals surface area contributed by atoms with Crippen LogP contribution in [0.5, 0.6) is 5.75 Å². The van der Waals surface area contributed by atoms with Gasteiger partial charge in [-0.1, -0.05) is 71.6 Å². The van der Waals surface area contributed by atoms with Crippen LogP contribution in [-0.4, -0.2) is 22.7 Å². The van der Waals surface area contributed by atoms with Crippen molar-refractivity contribution in [3.63, 3.8) is 0 Å². The number of carbonyl (C=O) groups excluding carboxylic acids is 1. The molecule has 4 aromatic rings. The molecule has 1 amide bonds. The number of ether oxygens (including phenoxy) is 1. The number of thioether (sulfide) groups is 1. The highest BCUT2D eigenvalue weighted by Crippen LogP contribution is 2.30. The highest BCUT2D eigenvalue weighted by atomic mass is 32.2. The Bertz CT molecular complexity index is 1180. The fraction of sp³-hybridized carbons (Fsp3) is 0.174. The molecule has 0 saturated heterocycles. The third kappa shape index (κ3) is 4.98. The fourth-order valence-electron chi connectivity index (χ4n) is 2.98. The van der Waals surface area contributed by atoms with Gasteiger partial charge in [-0.25, -0.2) is 0 Å². The minimum atomic E-state index is -0.255. The summed E-state index contributed by atoms with van der Waals surface area (Å²) in [5.74, 6) is 1.21. The van der Waals surface area contributed by atoms with Crippen LogP contribution in [0.3, 0.4) is 0 Å². The summed E-state index contributed by atoms with van der Waals surface area (Å²) in [6, 6.07) is 20.4. The molecular weight excluding hydrogens is 414 g/mol. The number of carbonyl (C=O) groups is 1. The Balaban J connectivity index is 1.31. The van der Waals surface area contributed by atoms with Gasteiger partial charge in [0.05, 0.1) is 0 Å². The number of hydrogen-bond acceptors (Lipinski definition) is 6. The van der Waals surface area contributed by atoms with Crippen LogP contribution in [0.25, 0.3) is 10.8 Å². The lowest BCUT2D eigenvalue weighted by atomic mass is 10.1. The first-order valence-corrected chi connectivity index (χ1v) is 11.3. The maximum Gasteiger partial charge on any atom is 0.264 e. The van der Waals surface area contributed by atoms with Crippen molar-refractivity contribution in [3.8, 4) is 5.75 Å². The molecule has 0 atom stereocenters. The molecule has 0 saturated carbocycles. The van der Waals surface area contributed by atoms with Crippen molar-refractivity contribution in [1.82, 2.24) is 10.2 Å². The zero-order valence-corrected chi connectivity index (χ0v) is 18.3. The minimum Gasteiger partial charge on any atom is -0.484 e. The Morgan fingerprint density at radius 2 is 1.87 bits per heavy atom. The van der Waals surface area contributed by atoms with Crippen LogP contribution in [0.15, 0.2) is 65.0 Å². The van der Waals surface area contributed by atoms with E-state index in [1.54, 1.807) is 11.8 Å². The summed E-state index contributed by atoms with van der Waals surface area (Å²) in [5.41, 5.74) is 3.57. The molecule has 0 unspecified atom stereocenters. The number of nitrogens with zero attached hydrogens (tertiary/aromatic N) is 2. The van der Waals surface area contributed by atoms with E-state index < -0.39 is 0 Å². The molecule has 1 N–H and O–H groups in total. The second kappa shape index (κ2) is 9.28. The number of nitrogens with one attached hydrogen (secondary N) is 1. The van der Waals surface area contributed by atoms with E-state index in [1.165, 1.54) is 33.2 Å². The van der Waals surface area contributed by atoms with Gasteiger partial charge < -0.3 is 4.74 Å². The fourth-order valence-corrected chi connectivity index (χ4v) is 4.76. The van der Waals surface area contributed by atoms with E-state index in [1.807, 2.05) is 38.1 Å². The van der Waals surface area contributed by atoms with Gasteiger partial charge in [-0.3, -0.25) is 10.1 Å². The van der Waals surface area contributed by atoms with Crippen LogP contribution >= 0.6 is 23.1 Å². The van der Waals surface area contributed by atoms with Gasteiger partial charge in [-0.05, 0) is 53.4 Å². The van der Waals surface area contributed by atoms with Crippen molar-refractivity contribution in [2.45, 2.75) is 23.9 Å². The summed E-state index contributed by atoms with van der Waals surface area (Å²) in [6.07, 6.45) is 0. The van der Waals surface area contributed by atoms with Crippen molar-refractivity contribution in [2.75, 3.05) is 11.9 Å². The van der Waals surface area contributed by atoms with Crippen LogP contribution in [0, 0.1) is 13.8 Å². The van der Waals surface area contributed by atoms with E-state index in [9.17, 15) is 4.79 Å². The summed E-state index contributed by atoms with van der Waals surface area (Å²) in [5, 5.41) is 14.0. The Morgan fingerprint density at radius 3 is 2.73 bits per heavy atom. The third-order valence-electron chi connectivity index (χ3n) is 4.73. The average molecular weight is 436 g/mol. The van der Waals surface area contributed by atoms with Crippen LogP contribution < -0.4 is 10.1 Å². The smallest absolute Gasteiger partial charge is 0.264 e. The van der Waals surface area contributed by atoms with Gasteiger partial charge in [0.2, 0.25) is 5.13 Å². The molecule has 4 rings (SSSR count). The van der Waals surface area contributed by atoms with Gasteiger partial charge in [0.1, 0.15) is 5.75 Å². The monoisotopic (exact) mass is 435 g/mol. The average Bonchev–Trinajstić information content (AvgIpc) is 3.20. The zero-order valence-electron chi connectivity index (χ0n) is 16.7. The van der Waals surface area contributed by atoms with Gasteiger partial charge in [0.15, 0.2) is 10.9 Å². The number of aromatic nitrogens is 2. The maximum absolute atomic E-state index is 12.2. The summed E-state index contributed by atoms with van der Waals surface area (Å²) in [4.78, 5) is 12.2. The number of benzene rings is 3. The third-order valence-corrected chi connectivity index (χ3v) is 6.75. The molecule has 0 aliphatic heterocycles. The number of anilines is 1. The van der Waals surface area contributed by atoms with Gasteiger partial charge >= 0.3 is 0 Å². The van der Waals surface area contributed by atoms with Gasteiger partial charge in [-0.2, -0.15) is 0 Å². The first kappa shape index (κ1) is 20.4. The summed E-state index contributed by atoms with van der Waals surface area (Å²) in [6.45, 7) is 3.98. The second-order valence-corrected chi connectivity index (χ2v) is 9.08. The van der Waals surface area contributed by atoms with Crippen molar-refractivity contribution in [2.24, 2.45) is 0 Å². The zero-order chi connectivity index (χ0) is 20.9. The first-order chi connectivity index (χ1) is 14.6. The van der Waals surface area contributed by atoms with E-state index in [0.717, 1.165) is 15.7 Å². The van der Waals surface area contributed by atoms with Crippen molar-refractivity contribution in [3.05, 3.63) is 77.4 Å². The van der Waals surface area contributed by atoms with E-state index in [-0.39, 0.29) is 12.5 Å². The van der Waals surface area contributed by atoms with Gasteiger partial charge in [-0.15, -0.1) is 10.2 Å². The molecular formula is C23H21N3O2S2. The molecule has 152 valence electrons. The molecule has 1 aromatic heterocycles. The normalized spacial score (nSPS) is 10.9. The van der Waals surface area contributed by atoms with E-state index >= 15 is 0 Å². The number of amides is 1. The molecule has 0 radical (unpaired) electrons. The number of fused-ring (bicyclic) bond motifs is 1. The lowest BCUT2D eigenvalue weighted by Gasteiger charge is -2.07. The molecule has 1 heterocycles. The molecule has 7 heteroatoms. The van der Waals surface area contributed by atoms with Crippen molar-refractivity contribution in [1.29, 1.82) is 0 Å². The Hall–Kier alpha value is -2.90. The summed E-state index contributed by atoms with van der Waals surface area (Å²) >= 11 is 2.98. The van der Waals surface area contributed by atoms with Crippen molar-refractivity contribution >= 4 is 44.9 Å². The molecule has 0 bridgehead atoms. The number of hydrogen-bond donors (Lipinski definition) is 1. The number of aryl methyl sites for hydroxylation is 2. The largest absolute Gasteiger partial charge is 0.484 e. The van der Waals surface area contributed by atoms with Crippen LogP contribution in [0.2, 0.25) is 0 Å². The Labute approximate surface area is 183 Å². The van der Waals surface area contributed by atoms with E-state index in [0.29, 0.717) is 10.9 Å². The second-order valence-electron chi connectivity index (χ2n) is 6.88. The molecule has 0 aliphatic rings. The Kier molecular flexibility index (Phi) is 6.30. The molecule has 3 aromatic carbocycles. The van der Waals surface area contributed by atoms with Gasteiger partial charge in [0.25, 0.3) is 5.91 Å².